The molecule has 0 aromatic heterocycles. The maximum absolute atomic E-state index is 12.1. The molecule has 0 aliphatic carbocycles. The van der Waals surface area contributed by atoms with Crippen LogP contribution in [0.15, 0.2) is 29.2 Å². The number of hydrogen-bond donors (Lipinski definition) is 1. The van der Waals surface area contributed by atoms with Crippen LogP contribution in [0.5, 0.6) is 0 Å². The fourth-order valence-electron chi connectivity index (χ4n) is 1.36. The van der Waals surface area contributed by atoms with E-state index >= 15 is 0 Å². The zero-order chi connectivity index (χ0) is 12.9. The Labute approximate surface area is 104 Å². The SMILES string of the molecule is CC(C)NCCc1ccc(SC(F)(F)F)cc1. The summed E-state index contributed by atoms with van der Waals surface area (Å²) in [4.78, 5) is 0.234. The van der Waals surface area contributed by atoms with Crippen molar-refractivity contribution in [2.24, 2.45) is 0 Å². The number of rotatable bonds is 5. The zero-order valence-corrected chi connectivity index (χ0v) is 10.7. The summed E-state index contributed by atoms with van der Waals surface area (Å²) in [5.41, 5.74) is -3.16. The summed E-state index contributed by atoms with van der Waals surface area (Å²) in [6.45, 7) is 4.95. The molecule has 0 saturated carbocycles. The van der Waals surface area contributed by atoms with Crippen molar-refractivity contribution in [1.29, 1.82) is 0 Å². The molecule has 17 heavy (non-hydrogen) atoms. The molecule has 0 spiro atoms. The minimum atomic E-state index is -4.21. The molecule has 0 amide bonds. The van der Waals surface area contributed by atoms with Gasteiger partial charge in [0.25, 0.3) is 0 Å². The van der Waals surface area contributed by atoms with E-state index in [-0.39, 0.29) is 16.7 Å². The monoisotopic (exact) mass is 263 g/mol. The van der Waals surface area contributed by atoms with Gasteiger partial charge < -0.3 is 5.32 Å². The minimum Gasteiger partial charge on any atom is -0.314 e. The van der Waals surface area contributed by atoms with Gasteiger partial charge in [0.2, 0.25) is 0 Å². The number of halogens is 3. The van der Waals surface area contributed by atoms with Crippen molar-refractivity contribution in [2.75, 3.05) is 6.54 Å². The highest BCUT2D eigenvalue weighted by Gasteiger charge is 2.28. The van der Waals surface area contributed by atoms with E-state index in [0.717, 1.165) is 18.5 Å². The minimum absolute atomic E-state index is 0.0774. The zero-order valence-electron chi connectivity index (χ0n) is 9.84. The second-order valence-corrected chi connectivity index (χ2v) is 5.19. The van der Waals surface area contributed by atoms with Crippen LogP contribution in [0.2, 0.25) is 0 Å². The summed E-state index contributed by atoms with van der Waals surface area (Å²) in [6, 6.07) is 6.95. The summed E-state index contributed by atoms with van der Waals surface area (Å²) in [5.74, 6) is 0. The lowest BCUT2D eigenvalue weighted by Gasteiger charge is -2.09. The molecule has 5 heteroatoms. The molecule has 1 nitrogen and oxygen atoms in total. The van der Waals surface area contributed by atoms with Crippen LogP contribution >= 0.6 is 11.8 Å². The molecule has 1 aromatic rings. The summed E-state index contributed by atoms with van der Waals surface area (Å²) in [6.07, 6.45) is 0.829. The second-order valence-electron chi connectivity index (χ2n) is 4.05. The first-order valence-electron chi connectivity index (χ1n) is 5.45. The third-order valence-electron chi connectivity index (χ3n) is 2.12. The van der Waals surface area contributed by atoms with E-state index in [1.54, 1.807) is 12.1 Å². The van der Waals surface area contributed by atoms with E-state index in [2.05, 4.69) is 19.2 Å². The van der Waals surface area contributed by atoms with Gasteiger partial charge in [-0.25, -0.2) is 0 Å². The van der Waals surface area contributed by atoms with Crippen molar-refractivity contribution >= 4 is 11.8 Å². The van der Waals surface area contributed by atoms with Crippen molar-refractivity contribution in [2.45, 2.75) is 36.7 Å². The molecule has 0 aliphatic rings. The third kappa shape index (κ3) is 6.58. The van der Waals surface area contributed by atoms with E-state index in [4.69, 9.17) is 0 Å². The normalized spacial score (nSPS) is 12.1. The third-order valence-corrected chi connectivity index (χ3v) is 2.86. The van der Waals surface area contributed by atoms with Crippen LogP contribution in [0.1, 0.15) is 19.4 Å². The smallest absolute Gasteiger partial charge is 0.314 e. The second kappa shape index (κ2) is 6.31. The van der Waals surface area contributed by atoms with Crippen LogP contribution in [0, 0.1) is 0 Å². The number of benzene rings is 1. The van der Waals surface area contributed by atoms with E-state index in [1.807, 2.05) is 0 Å². The van der Waals surface area contributed by atoms with Gasteiger partial charge in [0.1, 0.15) is 0 Å². The highest BCUT2D eigenvalue weighted by atomic mass is 32.2. The Balaban J connectivity index is 2.45. The molecule has 1 N–H and O–H groups in total. The van der Waals surface area contributed by atoms with Crippen LogP contribution in [0.3, 0.4) is 0 Å². The molecule has 1 rings (SSSR count). The van der Waals surface area contributed by atoms with Crippen LogP contribution < -0.4 is 5.32 Å². The first-order valence-corrected chi connectivity index (χ1v) is 6.26. The molecule has 0 bridgehead atoms. The fraction of sp³-hybridized carbons (Fsp3) is 0.500. The average Bonchev–Trinajstić information content (AvgIpc) is 2.18. The molecule has 96 valence electrons. The Morgan fingerprint density at radius 1 is 1.18 bits per heavy atom. The summed E-state index contributed by atoms with van der Waals surface area (Å²) < 4.78 is 36.3. The number of thioether (sulfide) groups is 1. The maximum Gasteiger partial charge on any atom is 0.446 e. The first kappa shape index (κ1) is 14.4. The van der Waals surface area contributed by atoms with Gasteiger partial charge in [-0.3, -0.25) is 0 Å². The maximum atomic E-state index is 12.1. The molecular formula is C12H16F3NS. The summed E-state index contributed by atoms with van der Waals surface area (Å²) >= 11 is -0.0774. The lowest BCUT2D eigenvalue weighted by atomic mass is 10.1. The summed E-state index contributed by atoms with van der Waals surface area (Å²) in [5, 5.41) is 3.26. The summed E-state index contributed by atoms with van der Waals surface area (Å²) in [7, 11) is 0. The Hall–Kier alpha value is -0.680. The predicted octanol–water partition coefficient (Wildman–Crippen LogP) is 3.84. The van der Waals surface area contributed by atoms with E-state index in [0.29, 0.717) is 6.04 Å². The number of alkyl halides is 3. The van der Waals surface area contributed by atoms with E-state index in [9.17, 15) is 13.2 Å². The van der Waals surface area contributed by atoms with Crippen LogP contribution in [-0.2, 0) is 6.42 Å². The number of hydrogen-bond acceptors (Lipinski definition) is 2. The van der Waals surface area contributed by atoms with Gasteiger partial charge in [-0.05, 0) is 42.4 Å². The van der Waals surface area contributed by atoms with Crippen LogP contribution in [0.4, 0.5) is 13.2 Å². The Morgan fingerprint density at radius 2 is 1.76 bits per heavy atom. The van der Waals surface area contributed by atoms with Gasteiger partial charge >= 0.3 is 5.51 Å². The molecule has 1 aromatic carbocycles. The van der Waals surface area contributed by atoms with E-state index < -0.39 is 5.51 Å². The van der Waals surface area contributed by atoms with Gasteiger partial charge in [0.15, 0.2) is 0 Å². The molecule has 0 saturated heterocycles. The van der Waals surface area contributed by atoms with Gasteiger partial charge in [-0.15, -0.1) is 0 Å². The number of nitrogens with one attached hydrogen (secondary N) is 1. The molecule has 0 fully saturated rings. The van der Waals surface area contributed by atoms with Crippen LogP contribution in [0.25, 0.3) is 0 Å². The van der Waals surface area contributed by atoms with Gasteiger partial charge in [-0.2, -0.15) is 13.2 Å². The van der Waals surface area contributed by atoms with Gasteiger partial charge in [0, 0.05) is 10.9 Å². The van der Waals surface area contributed by atoms with E-state index in [1.165, 1.54) is 12.1 Å². The highest BCUT2D eigenvalue weighted by Crippen LogP contribution is 2.36. The van der Waals surface area contributed by atoms with Crippen molar-refractivity contribution in [1.82, 2.24) is 5.32 Å². The lowest BCUT2D eigenvalue weighted by molar-refractivity contribution is -0.0328. The molecule has 0 heterocycles. The van der Waals surface area contributed by atoms with Gasteiger partial charge in [0.05, 0.1) is 0 Å². The fourth-order valence-corrected chi connectivity index (χ4v) is 1.90. The Bertz CT molecular complexity index is 333. The Kier molecular flexibility index (Phi) is 5.33. The standard InChI is InChI=1S/C12H16F3NS/c1-9(2)16-8-7-10-3-5-11(6-4-10)17-12(13,14)15/h3-6,9,16H,7-8H2,1-2H3. The van der Waals surface area contributed by atoms with Gasteiger partial charge in [-0.1, -0.05) is 26.0 Å². The molecule has 0 aliphatic heterocycles. The topological polar surface area (TPSA) is 12.0 Å². The van der Waals surface area contributed by atoms with Crippen molar-refractivity contribution in [3.05, 3.63) is 29.8 Å². The molecule has 0 radical (unpaired) electrons. The van der Waals surface area contributed by atoms with Crippen molar-refractivity contribution in [3.8, 4) is 0 Å². The predicted molar refractivity (Wildman–Crippen MR) is 65.2 cm³/mol. The van der Waals surface area contributed by atoms with Crippen molar-refractivity contribution in [3.63, 3.8) is 0 Å². The quantitative estimate of drug-likeness (QED) is 0.810. The van der Waals surface area contributed by atoms with Crippen molar-refractivity contribution < 1.29 is 13.2 Å². The van der Waals surface area contributed by atoms with Crippen LogP contribution in [-0.4, -0.2) is 18.1 Å². The highest BCUT2D eigenvalue weighted by molar-refractivity contribution is 8.00. The average molecular weight is 263 g/mol. The first-order chi connectivity index (χ1) is 7.87. The molecule has 0 unspecified atom stereocenters. The molecule has 0 atom stereocenters. The largest absolute Gasteiger partial charge is 0.446 e. The Morgan fingerprint density at radius 3 is 2.24 bits per heavy atom. The lowest BCUT2D eigenvalue weighted by Crippen LogP contribution is -2.24. The molecular weight excluding hydrogens is 247 g/mol.